The van der Waals surface area contributed by atoms with E-state index in [1.54, 1.807) is 24.4 Å². The van der Waals surface area contributed by atoms with Crippen LogP contribution in [0.4, 0.5) is 10.5 Å². The van der Waals surface area contributed by atoms with Crippen LogP contribution in [0.2, 0.25) is 0 Å². The Balaban J connectivity index is 1.29. The predicted octanol–water partition coefficient (Wildman–Crippen LogP) is 5.04. The molecule has 1 heterocycles. The van der Waals surface area contributed by atoms with E-state index in [0.29, 0.717) is 17.0 Å². The van der Waals surface area contributed by atoms with Gasteiger partial charge in [0.05, 0.1) is 17.5 Å². The Morgan fingerprint density at radius 2 is 1.70 bits per heavy atom. The summed E-state index contributed by atoms with van der Waals surface area (Å²) in [5.74, 6) is -0.0715. The minimum atomic E-state index is -1.01. The molecule has 0 saturated carbocycles. The van der Waals surface area contributed by atoms with Gasteiger partial charge >= 0.3 is 6.09 Å². The number of hydrazone groups is 1. The molecule has 5 aromatic rings. The van der Waals surface area contributed by atoms with E-state index < -0.39 is 23.0 Å². The molecule has 0 spiro atoms. The van der Waals surface area contributed by atoms with Gasteiger partial charge in [-0.1, -0.05) is 60.7 Å². The van der Waals surface area contributed by atoms with E-state index in [4.69, 9.17) is 9.47 Å². The van der Waals surface area contributed by atoms with Crippen LogP contribution in [0.15, 0.2) is 109 Å². The van der Waals surface area contributed by atoms with Crippen LogP contribution in [0.3, 0.4) is 0 Å². The number of rotatable bonds is 12. The molecule has 0 aliphatic rings. The zero-order valence-corrected chi connectivity index (χ0v) is 23.4. The Bertz CT molecular complexity index is 1760. The van der Waals surface area contributed by atoms with Gasteiger partial charge in [0.15, 0.2) is 0 Å². The lowest BCUT2D eigenvalue weighted by Gasteiger charge is -2.16. The summed E-state index contributed by atoms with van der Waals surface area (Å²) in [5, 5.41) is 19.5. The van der Waals surface area contributed by atoms with Crippen molar-refractivity contribution in [2.24, 2.45) is 5.10 Å². The first-order chi connectivity index (χ1) is 21.5. The number of hydrogen-bond acceptors (Lipinski definition) is 8. The van der Waals surface area contributed by atoms with Crippen LogP contribution < -0.4 is 15.5 Å². The molecule has 12 heteroatoms. The molecule has 0 radical (unpaired) electrons. The number of ether oxygens (including phenoxy) is 2. The quantitative estimate of drug-likeness (QED) is 0.104. The van der Waals surface area contributed by atoms with E-state index in [1.807, 2.05) is 60.7 Å². The van der Waals surface area contributed by atoms with Gasteiger partial charge in [0, 0.05) is 36.0 Å². The lowest BCUT2D eigenvalue weighted by Crippen LogP contribution is -2.47. The lowest BCUT2D eigenvalue weighted by atomic mass is 10.0. The first-order valence-electron chi connectivity index (χ1n) is 13.6. The largest absolute Gasteiger partial charge is 0.488 e. The average molecular weight is 593 g/mol. The number of nitrogens with one attached hydrogen (secondary N) is 3. The van der Waals surface area contributed by atoms with Crippen molar-refractivity contribution in [3.8, 4) is 5.75 Å². The molecule has 0 unspecified atom stereocenters. The smallest absolute Gasteiger partial charge is 0.408 e. The van der Waals surface area contributed by atoms with Gasteiger partial charge in [-0.2, -0.15) is 5.10 Å². The van der Waals surface area contributed by atoms with Gasteiger partial charge in [0.2, 0.25) is 0 Å². The highest BCUT2D eigenvalue weighted by atomic mass is 16.6. The molecule has 12 nitrogen and oxygen atoms in total. The van der Waals surface area contributed by atoms with Crippen LogP contribution >= 0.6 is 0 Å². The summed E-state index contributed by atoms with van der Waals surface area (Å²) < 4.78 is 11.4. The van der Waals surface area contributed by atoms with E-state index in [1.165, 1.54) is 24.7 Å². The number of non-ortho nitro benzene ring substituents is 1. The van der Waals surface area contributed by atoms with Crippen LogP contribution in [0.1, 0.15) is 22.4 Å². The summed E-state index contributed by atoms with van der Waals surface area (Å²) in [6.07, 6.45) is 3.89. The zero-order valence-electron chi connectivity index (χ0n) is 23.4. The second kappa shape index (κ2) is 14.2. The number of fused-ring (bicyclic) bond motifs is 1. The molecule has 0 aliphatic heterocycles. The van der Waals surface area contributed by atoms with Gasteiger partial charge in [0.25, 0.3) is 11.6 Å². The molecule has 0 bridgehead atoms. The van der Waals surface area contributed by atoms with Crippen molar-refractivity contribution < 1.29 is 24.0 Å². The van der Waals surface area contributed by atoms with E-state index in [-0.39, 0.29) is 25.3 Å². The number of aromatic amines is 1. The molecule has 2 amide bonds. The maximum absolute atomic E-state index is 13.2. The van der Waals surface area contributed by atoms with Crippen LogP contribution in [-0.2, 0) is 29.2 Å². The van der Waals surface area contributed by atoms with E-state index in [0.717, 1.165) is 21.9 Å². The highest BCUT2D eigenvalue weighted by molar-refractivity contribution is 6.02. The predicted molar refractivity (Wildman–Crippen MR) is 163 cm³/mol. The van der Waals surface area contributed by atoms with Crippen molar-refractivity contribution in [3.63, 3.8) is 0 Å². The average Bonchev–Trinajstić information content (AvgIpc) is 3.57. The number of benzene rings is 4. The summed E-state index contributed by atoms with van der Waals surface area (Å²) in [4.78, 5) is 43.2. The highest BCUT2D eigenvalue weighted by Crippen LogP contribution is 2.27. The normalized spacial score (nSPS) is 11.6. The maximum Gasteiger partial charge on any atom is 0.408 e. The monoisotopic (exact) mass is 592 g/mol. The van der Waals surface area contributed by atoms with Gasteiger partial charge in [-0.15, -0.1) is 0 Å². The number of carbonyl (C=O) groups is 2. The summed E-state index contributed by atoms with van der Waals surface area (Å²) in [6.45, 7) is 0.206. The van der Waals surface area contributed by atoms with Gasteiger partial charge in [-0.3, -0.25) is 14.9 Å². The molecule has 4 aromatic carbocycles. The van der Waals surface area contributed by atoms with E-state index >= 15 is 0 Å². The van der Waals surface area contributed by atoms with Gasteiger partial charge in [-0.05, 0) is 40.1 Å². The first kappa shape index (κ1) is 29.5. The molecule has 222 valence electrons. The van der Waals surface area contributed by atoms with Crippen molar-refractivity contribution in [2.45, 2.75) is 25.7 Å². The third kappa shape index (κ3) is 7.82. The number of carbonyl (C=O) groups excluding carboxylic acids is 2. The van der Waals surface area contributed by atoms with E-state index in [9.17, 15) is 19.7 Å². The SMILES string of the molecule is O=C(N[C@H](Cc1cnc[nH]1)C(=O)N/N=C\c1c(OCc2ccc([N+](=O)[O-])cc2)ccc2ccccc12)OCc1ccccc1. The molecule has 5 rings (SSSR count). The number of nitro benzene ring substituents is 1. The Labute approximate surface area is 251 Å². The number of aromatic nitrogens is 2. The Morgan fingerprint density at radius 3 is 2.45 bits per heavy atom. The van der Waals surface area contributed by atoms with Crippen molar-refractivity contribution in [1.82, 2.24) is 20.7 Å². The van der Waals surface area contributed by atoms with Gasteiger partial charge in [-0.25, -0.2) is 15.2 Å². The molecule has 1 atom stereocenters. The topological polar surface area (TPSA) is 161 Å². The third-order valence-electron chi connectivity index (χ3n) is 6.64. The number of hydrogen-bond donors (Lipinski definition) is 3. The summed E-state index contributed by atoms with van der Waals surface area (Å²) >= 11 is 0. The van der Waals surface area contributed by atoms with Crippen LogP contribution in [0.5, 0.6) is 5.75 Å². The Kier molecular flexibility index (Phi) is 9.52. The minimum Gasteiger partial charge on any atom is -0.488 e. The molecule has 0 aliphatic carbocycles. The molecule has 0 saturated heterocycles. The first-order valence-corrected chi connectivity index (χ1v) is 13.6. The number of nitrogens with zero attached hydrogens (tertiary/aromatic N) is 3. The number of alkyl carbamates (subject to hydrolysis) is 1. The van der Waals surface area contributed by atoms with E-state index in [2.05, 4.69) is 25.8 Å². The van der Waals surface area contributed by atoms with Crippen molar-refractivity contribution in [1.29, 1.82) is 0 Å². The van der Waals surface area contributed by atoms with Crippen LogP contribution in [-0.4, -0.2) is 39.1 Å². The third-order valence-corrected chi connectivity index (χ3v) is 6.64. The molecule has 3 N–H and O–H groups in total. The Morgan fingerprint density at radius 1 is 0.955 bits per heavy atom. The molecule has 0 fully saturated rings. The summed E-state index contributed by atoms with van der Waals surface area (Å²) in [7, 11) is 0. The number of H-pyrrole nitrogens is 1. The summed E-state index contributed by atoms with van der Waals surface area (Å²) in [5.41, 5.74) is 5.31. The van der Waals surface area contributed by atoms with Gasteiger partial charge < -0.3 is 19.8 Å². The lowest BCUT2D eigenvalue weighted by molar-refractivity contribution is -0.384. The fourth-order valence-corrected chi connectivity index (χ4v) is 4.38. The number of nitro groups is 1. The molecular formula is C32H28N6O6. The molecule has 1 aromatic heterocycles. The van der Waals surface area contributed by atoms with Gasteiger partial charge in [0.1, 0.15) is 25.0 Å². The van der Waals surface area contributed by atoms with Crippen LogP contribution in [0.25, 0.3) is 10.8 Å². The Hall–Kier alpha value is -6.04. The minimum absolute atomic E-state index is 0.00667. The molecular weight excluding hydrogens is 564 g/mol. The van der Waals surface area contributed by atoms with Crippen LogP contribution in [0, 0.1) is 10.1 Å². The second-order valence-electron chi connectivity index (χ2n) is 9.68. The number of amides is 2. The number of imidazole rings is 1. The summed E-state index contributed by atoms with van der Waals surface area (Å²) in [6, 6.07) is 25.6. The second-order valence-corrected chi connectivity index (χ2v) is 9.68. The zero-order chi connectivity index (χ0) is 30.7. The highest BCUT2D eigenvalue weighted by Gasteiger charge is 2.23. The fourth-order valence-electron chi connectivity index (χ4n) is 4.38. The molecule has 44 heavy (non-hydrogen) atoms. The maximum atomic E-state index is 13.2. The standard InChI is InChI=1S/C32H28N6O6/c39-31(29(16-25-17-33-21-34-25)36-32(40)44-20-22-6-2-1-3-7-22)37-35-18-28-27-9-5-4-8-24(27)12-15-30(28)43-19-23-10-13-26(14-11-23)38(41)42/h1-15,17-18,21,29H,16,19-20H2,(H,33,34)(H,36,40)(H,37,39)/b35-18-/t29-/m1/s1. The fraction of sp³-hybridized carbons (Fsp3) is 0.125. The van der Waals surface area contributed by atoms with Crippen molar-refractivity contribution in [2.75, 3.05) is 0 Å². The van der Waals surface area contributed by atoms with Crippen molar-refractivity contribution >= 4 is 34.7 Å². The van der Waals surface area contributed by atoms with Crippen molar-refractivity contribution in [3.05, 3.63) is 136 Å².